The van der Waals surface area contributed by atoms with Crippen LogP contribution in [0.4, 0.5) is 4.39 Å². The summed E-state index contributed by atoms with van der Waals surface area (Å²) in [5.41, 5.74) is 2.73. The molecule has 0 bridgehead atoms. The van der Waals surface area contributed by atoms with E-state index >= 15 is 0 Å². The molecule has 5 aromatic rings. The summed E-state index contributed by atoms with van der Waals surface area (Å²) in [6.45, 7) is 0.193. The molecule has 5 rings (SSSR count). The fourth-order valence-electron chi connectivity index (χ4n) is 3.95. The molecule has 0 radical (unpaired) electrons. The first-order valence-electron chi connectivity index (χ1n) is 11.6. The fraction of sp³-hybridized carbons (Fsp3) is 0.103. The number of aliphatic carboxylic acids is 1. The number of amides is 1. The maximum atomic E-state index is 13.5. The minimum Gasteiger partial charge on any atom is -0.487 e. The lowest BCUT2D eigenvalue weighted by molar-refractivity contribution is -0.139. The van der Waals surface area contributed by atoms with Crippen LogP contribution in [0.5, 0.6) is 5.75 Å². The Balaban J connectivity index is 1.21. The van der Waals surface area contributed by atoms with Gasteiger partial charge in [-0.05, 0) is 48.0 Å². The van der Waals surface area contributed by atoms with Gasteiger partial charge in [0.2, 0.25) is 0 Å². The van der Waals surface area contributed by atoms with Gasteiger partial charge in [0.25, 0.3) is 5.91 Å². The molecular weight excluding hydrogens is 473 g/mol. The van der Waals surface area contributed by atoms with Gasteiger partial charge >= 0.3 is 5.97 Å². The predicted molar refractivity (Wildman–Crippen MR) is 137 cm³/mol. The number of carbonyl (C=O) groups is 2. The van der Waals surface area contributed by atoms with Crippen molar-refractivity contribution >= 4 is 33.7 Å². The van der Waals surface area contributed by atoms with Crippen LogP contribution < -0.4 is 10.1 Å². The zero-order valence-corrected chi connectivity index (χ0v) is 19.6. The molecule has 2 aromatic heterocycles. The van der Waals surface area contributed by atoms with E-state index in [4.69, 9.17) is 4.74 Å². The third kappa shape index (κ3) is 5.70. The number of halogens is 1. The molecule has 0 spiro atoms. The topological polar surface area (TPSA) is 101 Å². The van der Waals surface area contributed by atoms with E-state index in [1.165, 1.54) is 12.1 Å². The van der Waals surface area contributed by atoms with Crippen LogP contribution in [0.25, 0.3) is 21.8 Å². The van der Waals surface area contributed by atoms with E-state index in [0.29, 0.717) is 28.0 Å². The van der Waals surface area contributed by atoms with E-state index in [-0.39, 0.29) is 24.5 Å². The largest absolute Gasteiger partial charge is 0.487 e. The van der Waals surface area contributed by atoms with E-state index in [1.807, 2.05) is 30.3 Å². The van der Waals surface area contributed by atoms with Gasteiger partial charge in [-0.15, -0.1) is 0 Å². The third-order valence-corrected chi connectivity index (χ3v) is 5.90. The summed E-state index contributed by atoms with van der Waals surface area (Å²) < 4.78 is 19.3. The van der Waals surface area contributed by atoms with Crippen LogP contribution in [-0.2, 0) is 17.8 Å². The molecule has 1 atom stereocenters. The number of rotatable bonds is 8. The Morgan fingerprint density at radius 2 is 1.59 bits per heavy atom. The van der Waals surface area contributed by atoms with Crippen molar-refractivity contribution in [2.75, 3.05) is 0 Å². The van der Waals surface area contributed by atoms with Crippen molar-refractivity contribution in [3.05, 3.63) is 114 Å². The number of hydrogen-bond acceptors (Lipinski definition) is 5. The molecule has 1 amide bonds. The molecule has 0 aliphatic heterocycles. The molecule has 0 aliphatic carbocycles. The first kappa shape index (κ1) is 23.9. The zero-order valence-electron chi connectivity index (χ0n) is 19.6. The summed E-state index contributed by atoms with van der Waals surface area (Å²) in [5.74, 6) is -1.48. The molecule has 7 nitrogen and oxygen atoms in total. The highest BCUT2D eigenvalue weighted by Gasteiger charge is 2.22. The lowest BCUT2D eigenvalue weighted by atomic mass is 10.1. The molecule has 2 heterocycles. The first-order valence-corrected chi connectivity index (χ1v) is 11.6. The van der Waals surface area contributed by atoms with Gasteiger partial charge in [0.1, 0.15) is 29.9 Å². The molecular formula is C29H22FN3O4. The van der Waals surface area contributed by atoms with Crippen molar-refractivity contribution in [2.45, 2.75) is 19.1 Å². The van der Waals surface area contributed by atoms with Crippen molar-refractivity contribution in [3.63, 3.8) is 0 Å². The lowest BCUT2D eigenvalue weighted by Gasteiger charge is -2.15. The second-order valence-electron chi connectivity index (χ2n) is 8.53. The van der Waals surface area contributed by atoms with E-state index in [1.54, 1.807) is 48.5 Å². The Kier molecular flexibility index (Phi) is 6.72. The summed E-state index contributed by atoms with van der Waals surface area (Å²) in [5, 5.41) is 14.0. The summed E-state index contributed by atoms with van der Waals surface area (Å²) >= 11 is 0. The summed E-state index contributed by atoms with van der Waals surface area (Å²) in [6, 6.07) is 24.7. The number of pyridine rings is 2. The minimum absolute atomic E-state index is 0.0900. The number of hydrogen-bond donors (Lipinski definition) is 2. The standard InChI is InChI=1S/C29H22FN3O4/c30-21-10-7-20-8-11-22(31-26(20)16-21)17-37-23-12-5-18(6-13-23)15-27(29(35)36)33-28(34)25-14-9-19-3-1-2-4-24(19)32-25/h1-14,16,27H,15,17H2,(H,33,34)(H,35,36)/t27-/m0/s1. The average molecular weight is 496 g/mol. The predicted octanol–water partition coefficient (Wildman–Crippen LogP) is 4.93. The number of carboxylic acid groups (broad SMARTS) is 1. The Bertz CT molecular complexity index is 1600. The molecule has 0 saturated carbocycles. The number of nitrogens with zero attached hydrogens (tertiary/aromatic N) is 2. The second kappa shape index (κ2) is 10.4. The Morgan fingerprint density at radius 1 is 0.865 bits per heavy atom. The molecule has 8 heteroatoms. The van der Waals surface area contributed by atoms with Gasteiger partial charge in [-0.3, -0.25) is 4.79 Å². The first-order chi connectivity index (χ1) is 17.9. The summed E-state index contributed by atoms with van der Waals surface area (Å²) in [7, 11) is 0. The SMILES string of the molecule is O=C(N[C@@H](Cc1ccc(OCc2ccc3ccc(F)cc3n2)cc1)C(=O)O)c1ccc2ccccc2n1. The van der Waals surface area contributed by atoms with Crippen LogP contribution in [0.15, 0.2) is 91.0 Å². The summed E-state index contributed by atoms with van der Waals surface area (Å²) in [6.07, 6.45) is 0.0900. The van der Waals surface area contributed by atoms with E-state index in [9.17, 15) is 19.1 Å². The van der Waals surface area contributed by atoms with Crippen LogP contribution in [0.3, 0.4) is 0 Å². The fourth-order valence-corrected chi connectivity index (χ4v) is 3.95. The summed E-state index contributed by atoms with van der Waals surface area (Å²) in [4.78, 5) is 33.3. The Labute approximate surface area is 211 Å². The quantitative estimate of drug-likeness (QED) is 0.317. The van der Waals surface area contributed by atoms with Crippen LogP contribution in [0.2, 0.25) is 0 Å². The number of fused-ring (bicyclic) bond motifs is 2. The third-order valence-electron chi connectivity index (χ3n) is 5.90. The Hall–Kier alpha value is -4.85. The highest BCUT2D eigenvalue weighted by molar-refractivity contribution is 5.97. The van der Waals surface area contributed by atoms with Gasteiger partial charge in [-0.25, -0.2) is 19.2 Å². The van der Waals surface area contributed by atoms with Crippen molar-refractivity contribution < 1.29 is 23.8 Å². The molecule has 3 aromatic carbocycles. The lowest BCUT2D eigenvalue weighted by Crippen LogP contribution is -2.42. The highest BCUT2D eigenvalue weighted by atomic mass is 19.1. The van der Waals surface area contributed by atoms with E-state index < -0.39 is 17.9 Å². The van der Waals surface area contributed by atoms with Gasteiger partial charge in [0.15, 0.2) is 0 Å². The number of carboxylic acids is 1. The van der Waals surface area contributed by atoms with Crippen molar-refractivity contribution in [2.24, 2.45) is 0 Å². The van der Waals surface area contributed by atoms with Crippen LogP contribution >= 0.6 is 0 Å². The number of aromatic nitrogens is 2. The number of para-hydroxylation sites is 1. The molecule has 0 fully saturated rings. The highest BCUT2D eigenvalue weighted by Crippen LogP contribution is 2.18. The number of nitrogens with one attached hydrogen (secondary N) is 1. The molecule has 0 unspecified atom stereocenters. The maximum absolute atomic E-state index is 13.5. The van der Waals surface area contributed by atoms with Crippen LogP contribution in [0, 0.1) is 5.82 Å². The average Bonchev–Trinajstić information content (AvgIpc) is 2.91. The van der Waals surface area contributed by atoms with Gasteiger partial charge in [0.05, 0.1) is 16.7 Å². The van der Waals surface area contributed by atoms with Gasteiger partial charge in [0, 0.05) is 23.3 Å². The molecule has 0 saturated heterocycles. The van der Waals surface area contributed by atoms with Crippen molar-refractivity contribution in [3.8, 4) is 5.75 Å². The van der Waals surface area contributed by atoms with Gasteiger partial charge < -0.3 is 15.2 Å². The van der Waals surface area contributed by atoms with Gasteiger partial charge in [-0.2, -0.15) is 0 Å². The monoisotopic (exact) mass is 495 g/mol. The van der Waals surface area contributed by atoms with Crippen molar-refractivity contribution in [1.29, 1.82) is 0 Å². The number of benzene rings is 3. The number of carbonyl (C=O) groups excluding carboxylic acids is 1. The second-order valence-corrected chi connectivity index (χ2v) is 8.53. The smallest absolute Gasteiger partial charge is 0.326 e. The molecule has 0 aliphatic rings. The van der Waals surface area contributed by atoms with Crippen LogP contribution in [0.1, 0.15) is 21.7 Å². The maximum Gasteiger partial charge on any atom is 0.326 e. The van der Waals surface area contributed by atoms with Crippen LogP contribution in [-0.4, -0.2) is 33.0 Å². The normalized spacial score (nSPS) is 11.8. The van der Waals surface area contributed by atoms with Crippen molar-refractivity contribution in [1.82, 2.24) is 15.3 Å². The minimum atomic E-state index is -1.15. The van der Waals surface area contributed by atoms with E-state index in [2.05, 4.69) is 15.3 Å². The zero-order chi connectivity index (χ0) is 25.8. The van der Waals surface area contributed by atoms with Gasteiger partial charge in [-0.1, -0.05) is 42.5 Å². The number of ether oxygens (including phenoxy) is 1. The molecule has 184 valence electrons. The molecule has 2 N–H and O–H groups in total. The molecule has 37 heavy (non-hydrogen) atoms. The Morgan fingerprint density at radius 3 is 2.41 bits per heavy atom. The van der Waals surface area contributed by atoms with E-state index in [0.717, 1.165) is 10.8 Å².